The van der Waals surface area contributed by atoms with E-state index in [1.165, 1.54) is 11.3 Å². The molecule has 0 fully saturated rings. The minimum Gasteiger partial charge on any atom is -0.364 e. The average molecular weight is 262 g/mol. The molecule has 1 aliphatic heterocycles. The molecule has 0 spiro atoms. The first-order valence-corrected chi connectivity index (χ1v) is 6.71. The number of aromatic nitrogens is 2. The predicted molar refractivity (Wildman–Crippen MR) is 69.2 cm³/mol. The number of imidazole rings is 1. The maximum absolute atomic E-state index is 10.9. The van der Waals surface area contributed by atoms with E-state index in [-0.39, 0.29) is 6.10 Å². The molecule has 3 heterocycles. The summed E-state index contributed by atoms with van der Waals surface area (Å²) in [7, 11) is 0. The molecule has 2 aromatic heterocycles. The minimum atomic E-state index is -0.141. The van der Waals surface area contributed by atoms with Gasteiger partial charge in [0.15, 0.2) is 6.29 Å². The Morgan fingerprint density at radius 2 is 2.39 bits per heavy atom. The molecule has 1 unspecified atom stereocenters. The number of hydrogen-bond acceptors (Lipinski definition) is 4. The van der Waals surface area contributed by atoms with E-state index in [0.29, 0.717) is 6.61 Å². The van der Waals surface area contributed by atoms with Gasteiger partial charge in [0, 0.05) is 23.2 Å². The van der Waals surface area contributed by atoms with Crippen LogP contribution in [0.1, 0.15) is 37.7 Å². The van der Waals surface area contributed by atoms with Gasteiger partial charge < -0.3 is 9.30 Å². The molecule has 94 valence electrons. The van der Waals surface area contributed by atoms with E-state index in [0.717, 1.165) is 39.7 Å². The second-order valence-electron chi connectivity index (χ2n) is 4.46. The third-order valence-electron chi connectivity index (χ3n) is 3.15. The summed E-state index contributed by atoms with van der Waals surface area (Å²) in [5, 5.41) is 0. The van der Waals surface area contributed by atoms with Crippen molar-refractivity contribution in [2.75, 3.05) is 6.61 Å². The Hall–Kier alpha value is -1.46. The van der Waals surface area contributed by atoms with Crippen LogP contribution in [0.5, 0.6) is 0 Å². The molecule has 0 radical (unpaired) electrons. The molecule has 1 atom stereocenters. The zero-order chi connectivity index (χ0) is 12.7. The number of thiophene rings is 1. The smallest absolute Gasteiger partial charge is 0.160 e. The highest BCUT2D eigenvalue weighted by molar-refractivity contribution is 7.13. The Morgan fingerprint density at radius 3 is 3.11 bits per heavy atom. The Balaban J connectivity index is 2.07. The minimum absolute atomic E-state index is 0.141. The first-order chi connectivity index (χ1) is 8.69. The summed E-state index contributed by atoms with van der Waals surface area (Å²) >= 11 is 1.50. The number of aldehydes is 1. The zero-order valence-corrected chi connectivity index (χ0v) is 11.2. The predicted octanol–water partition coefficient (Wildman–Crippen LogP) is 2.49. The van der Waals surface area contributed by atoms with Gasteiger partial charge in [-0.3, -0.25) is 4.79 Å². The van der Waals surface area contributed by atoms with Gasteiger partial charge in [0.2, 0.25) is 0 Å². The molecule has 0 amide bonds. The van der Waals surface area contributed by atoms with Crippen LogP contribution in [0.25, 0.3) is 0 Å². The molecular formula is C13H14N2O2S. The molecular weight excluding hydrogens is 248 g/mol. The maximum Gasteiger partial charge on any atom is 0.160 e. The van der Waals surface area contributed by atoms with E-state index in [1.807, 2.05) is 26.1 Å². The number of rotatable bonds is 2. The van der Waals surface area contributed by atoms with Gasteiger partial charge >= 0.3 is 0 Å². The standard InChI is InChI=1S/C13H14N2O2S/c1-8-6-15-3-4-17-12(13(15)14-8)11-5-10(7-16)18-9(11)2/h5-7,12H,3-4H2,1-2H3. The number of carbonyl (C=O) groups excluding carboxylic acids is 1. The van der Waals surface area contributed by atoms with Gasteiger partial charge in [0.1, 0.15) is 11.9 Å². The normalized spacial score (nSPS) is 18.7. The van der Waals surface area contributed by atoms with Gasteiger partial charge in [-0.15, -0.1) is 11.3 Å². The molecule has 0 aromatic carbocycles. The van der Waals surface area contributed by atoms with Crippen molar-refractivity contribution in [3.8, 4) is 0 Å². The van der Waals surface area contributed by atoms with Crippen molar-refractivity contribution < 1.29 is 9.53 Å². The fraction of sp³-hybridized carbons (Fsp3) is 0.385. The van der Waals surface area contributed by atoms with Gasteiger partial charge in [-0.05, 0) is 19.9 Å². The lowest BCUT2D eigenvalue weighted by atomic mass is 10.1. The quantitative estimate of drug-likeness (QED) is 0.781. The Morgan fingerprint density at radius 1 is 1.56 bits per heavy atom. The lowest BCUT2D eigenvalue weighted by Gasteiger charge is -2.24. The first-order valence-electron chi connectivity index (χ1n) is 5.90. The fourth-order valence-electron chi connectivity index (χ4n) is 2.36. The van der Waals surface area contributed by atoms with Crippen molar-refractivity contribution >= 4 is 17.6 Å². The molecule has 18 heavy (non-hydrogen) atoms. The van der Waals surface area contributed by atoms with E-state index in [2.05, 4.69) is 9.55 Å². The number of aryl methyl sites for hydroxylation is 2. The van der Waals surface area contributed by atoms with Gasteiger partial charge in [-0.2, -0.15) is 0 Å². The third-order valence-corrected chi connectivity index (χ3v) is 4.14. The zero-order valence-electron chi connectivity index (χ0n) is 10.3. The molecule has 4 nitrogen and oxygen atoms in total. The van der Waals surface area contributed by atoms with Crippen molar-refractivity contribution in [3.63, 3.8) is 0 Å². The molecule has 3 rings (SSSR count). The van der Waals surface area contributed by atoms with Crippen LogP contribution in [-0.2, 0) is 11.3 Å². The second-order valence-corrected chi connectivity index (χ2v) is 5.75. The van der Waals surface area contributed by atoms with Crippen LogP contribution in [0.3, 0.4) is 0 Å². The fourth-order valence-corrected chi connectivity index (χ4v) is 3.24. The average Bonchev–Trinajstić information content (AvgIpc) is 2.90. The summed E-state index contributed by atoms with van der Waals surface area (Å²) in [5.41, 5.74) is 2.07. The van der Waals surface area contributed by atoms with Crippen molar-refractivity contribution in [2.45, 2.75) is 26.5 Å². The Bertz CT molecular complexity index is 600. The van der Waals surface area contributed by atoms with E-state index < -0.39 is 0 Å². The largest absolute Gasteiger partial charge is 0.364 e. The van der Waals surface area contributed by atoms with Crippen molar-refractivity contribution in [2.24, 2.45) is 0 Å². The van der Waals surface area contributed by atoms with E-state index in [1.54, 1.807) is 0 Å². The summed E-state index contributed by atoms with van der Waals surface area (Å²) in [6.07, 6.45) is 2.80. The van der Waals surface area contributed by atoms with Crippen LogP contribution in [-0.4, -0.2) is 22.4 Å². The number of hydrogen-bond donors (Lipinski definition) is 0. The van der Waals surface area contributed by atoms with Gasteiger partial charge in [0.05, 0.1) is 17.2 Å². The van der Waals surface area contributed by atoms with E-state index in [9.17, 15) is 4.79 Å². The van der Waals surface area contributed by atoms with Gasteiger partial charge in [-0.1, -0.05) is 0 Å². The van der Waals surface area contributed by atoms with Crippen LogP contribution in [0.15, 0.2) is 12.3 Å². The van der Waals surface area contributed by atoms with Crippen LogP contribution in [0, 0.1) is 13.8 Å². The monoisotopic (exact) mass is 262 g/mol. The lowest BCUT2D eigenvalue weighted by Crippen LogP contribution is -2.22. The number of carbonyl (C=O) groups is 1. The first kappa shape index (κ1) is 11.6. The van der Waals surface area contributed by atoms with E-state index in [4.69, 9.17) is 4.74 Å². The molecule has 0 aliphatic carbocycles. The summed E-state index contributed by atoms with van der Waals surface area (Å²) in [4.78, 5) is 17.3. The van der Waals surface area contributed by atoms with E-state index >= 15 is 0 Å². The highest BCUT2D eigenvalue weighted by Gasteiger charge is 2.27. The summed E-state index contributed by atoms with van der Waals surface area (Å²) in [6.45, 7) is 5.53. The van der Waals surface area contributed by atoms with Crippen molar-refractivity contribution in [1.29, 1.82) is 0 Å². The third kappa shape index (κ3) is 1.79. The molecule has 1 aliphatic rings. The molecule has 5 heteroatoms. The topological polar surface area (TPSA) is 44.1 Å². The van der Waals surface area contributed by atoms with Crippen molar-refractivity contribution in [1.82, 2.24) is 9.55 Å². The molecule has 2 aromatic rings. The van der Waals surface area contributed by atoms with Crippen LogP contribution in [0.2, 0.25) is 0 Å². The molecule has 0 saturated heterocycles. The second kappa shape index (κ2) is 4.33. The van der Waals surface area contributed by atoms with Crippen LogP contribution >= 0.6 is 11.3 Å². The molecule has 0 N–H and O–H groups in total. The SMILES string of the molecule is Cc1cn2c(n1)C(c1cc(C=O)sc1C)OCC2. The number of fused-ring (bicyclic) bond motifs is 1. The Labute approximate surface area is 109 Å². The van der Waals surface area contributed by atoms with Gasteiger partial charge in [0.25, 0.3) is 0 Å². The summed E-state index contributed by atoms with van der Waals surface area (Å²) in [6, 6.07) is 1.91. The summed E-state index contributed by atoms with van der Waals surface area (Å²) < 4.78 is 7.99. The van der Waals surface area contributed by atoms with Gasteiger partial charge in [-0.25, -0.2) is 4.98 Å². The lowest BCUT2D eigenvalue weighted by molar-refractivity contribution is 0.0429. The molecule has 0 bridgehead atoms. The number of nitrogens with zero attached hydrogens (tertiary/aromatic N) is 2. The summed E-state index contributed by atoms with van der Waals surface area (Å²) in [5.74, 6) is 0.942. The van der Waals surface area contributed by atoms with Crippen LogP contribution < -0.4 is 0 Å². The van der Waals surface area contributed by atoms with Crippen molar-refractivity contribution in [3.05, 3.63) is 39.1 Å². The highest BCUT2D eigenvalue weighted by atomic mass is 32.1. The number of ether oxygens (including phenoxy) is 1. The highest BCUT2D eigenvalue weighted by Crippen LogP contribution is 2.34. The van der Waals surface area contributed by atoms with Crippen LogP contribution in [0.4, 0.5) is 0 Å². The Kier molecular flexibility index (Phi) is 2.80. The molecule has 0 saturated carbocycles. The maximum atomic E-state index is 10.9.